The molecule has 17 heavy (non-hydrogen) atoms. The maximum atomic E-state index is 12.1. The van der Waals surface area contributed by atoms with Gasteiger partial charge in [0.25, 0.3) is 0 Å². The largest absolute Gasteiger partial charge is 0.345 e. The van der Waals surface area contributed by atoms with E-state index in [0.29, 0.717) is 6.54 Å². The molecular formula is C13H27N3O. The van der Waals surface area contributed by atoms with Crippen LogP contribution in [0.25, 0.3) is 0 Å². The molecule has 0 aromatic carbocycles. The molecule has 0 aromatic heterocycles. The summed E-state index contributed by atoms with van der Waals surface area (Å²) in [5, 5.41) is 0. The first-order valence-electron chi connectivity index (χ1n) is 6.51. The van der Waals surface area contributed by atoms with E-state index >= 15 is 0 Å². The molecule has 0 bridgehead atoms. The third-order valence-corrected chi connectivity index (χ3v) is 3.80. The summed E-state index contributed by atoms with van der Waals surface area (Å²) in [5.41, 5.74) is 5.20. The SMILES string of the molecule is CN1CCC(CCN(C)C(=O)C(C)(C)CN)C1. The minimum Gasteiger partial charge on any atom is -0.345 e. The summed E-state index contributed by atoms with van der Waals surface area (Å²) in [6.45, 7) is 7.44. The second kappa shape index (κ2) is 5.83. The van der Waals surface area contributed by atoms with Gasteiger partial charge in [-0.2, -0.15) is 0 Å². The second-order valence-corrected chi connectivity index (χ2v) is 6.02. The van der Waals surface area contributed by atoms with Gasteiger partial charge in [-0.25, -0.2) is 0 Å². The highest BCUT2D eigenvalue weighted by Crippen LogP contribution is 2.20. The first kappa shape index (κ1) is 14.5. The predicted octanol–water partition coefficient (Wildman–Crippen LogP) is 0.772. The van der Waals surface area contributed by atoms with Crippen LogP contribution in [0, 0.1) is 11.3 Å². The summed E-state index contributed by atoms with van der Waals surface area (Å²) in [4.78, 5) is 16.3. The number of carbonyl (C=O) groups is 1. The van der Waals surface area contributed by atoms with Crippen LogP contribution in [0.2, 0.25) is 0 Å². The van der Waals surface area contributed by atoms with Gasteiger partial charge in [0.2, 0.25) is 5.91 Å². The summed E-state index contributed by atoms with van der Waals surface area (Å²) in [6, 6.07) is 0. The quantitative estimate of drug-likeness (QED) is 0.773. The molecule has 1 aliphatic heterocycles. The summed E-state index contributed by atoms with van der Waals surface area (Å²) in [7, 11) is 4.05. The molecule has 0 radical (unpaired) electrons. The number of amides is 1. The van der Waals surface area contributed by atoms with Crippen molar-refractivity contribution < 1.29 is 4.79 Å². The molecule has 100 valence electrons. The number of likely N-dealkylation sites (tertiary alicyclic amines) is 1. The van der Waals surface area contributed by atoms with Crippen LogP contribution in [0.3, 0.4) is 0 Å². The van der Waals surface area contributed by atoms with Crippen LogP contribution in [-0.2, 0) is 4.79 Å². The third kappa shape index (κ3) is 3.96. The molecule has 1 rings (SSSR count). The molecular weight excluding hydrogens is 214 g/mol. The van der Waals surface area contributed by atoms with E-state index in [-0.39, 0.29) is 5.91 Å². The van der Waals surface area contributed by atoms with Gasteiger partial charge in [0.05, 0.1) is 5.41 Å². The van der Waals surface area contributed by atoms with Gasteiger partial charge in [0, 0.05) is 26.7 Å². The highest BCUT2D eigenvalue weighted by atomic mass is 16.2. The monoisotopic (exact) mass is 241 g/mol. The standard InChI is InChI=1S/C13H27N3O/c1-13(2,10-14)12(17)16(4)8-6-11-5-7-15(3)9-11/h11H,5-10,14H2,1-4H3. The van der Waals surface area contributed by atoms with E-state index < -0.39 is 5.41 Å². The Morgan fingerprint density at radius 2 is 2.18 bits per heavy atom. The van der Waals surface area contributed by atoms with Gasteiger partial charge in [-0.05, 0) is 46.2 Å². The number of hydrogen-bond donors (Lipinski definition) is 1. The van der Waals surface area contributed by atoms with Crippen molar-refractivity contribution in [2.24, 2.45) is 17.1 Å². The van der Waals surface area contributed by atoms with Crippen molar-refractivity contribution in [3.05, 3.63) is 0 Å². The van der Waals surface area contributed by atoms with Crippen LogP contribution >= 0.6 is 0 Å². The van der Waals surface area contributed by atoms with Crippen LogP contribution in [0.4, 0.5) is 0 Å². The molecule has 0 saturated carbocycles. The lowest BCUT2D eigenvalue weighted by molar-refractivity contribution is -0.138. The lowest BCUT2D eigenvalue weighted by Crippen LogP contribution is -2.43. The van der Waals surface area contributed by atoms with E-state index in [9.17, 15) is 4.79 Å². The number of carbonyl (C=O) groups excluding carboxylic acids is 1. The van der Waals surface area contributed by atoms with Crippen LogP contribution < -0.4 is 5.73 Å². The van der Waals surface area contributed by atoms with Crippen molar-refractivity contribution in [1.29, 1.82) is 0 Å². The predicted molar refractivity (Wildman–Crippen MR) is 70.7 cm³/mol. The van der Waals surface area contributed by atoms with E-state index in [1.165, 1.54) is 19.5 Å². The highest BCUT2D eigenvalue weighted by Gasteiger charge is 2.29. The average molecular weight is 241 g/mol. The van der Waals surface area contributed by atoms with Crippen molar-refractivity contribution in [1.82, 2.24) is 9.80 Å². The van der Waals surface area contributed by atoms with E-state index in [4.69, 9.17) is 5.73 Å². The average Bonchev–Trinajstić information content (AvgIpc) is 2.71. The Bertz CT molecular complexity index is 265. The van der Waals surface area contributed by atoms with Crippen molar-refractivity contribution in [2.45, 2.75) is 26.7 Å². The maximum Gasteiger partial charge on any atom is 0.229 e. The first-order chi connectivity index (χ1) is 7.86. The molecule has 1 atom stereocenters. The number of hydrogen-bond acceptors (Lipinski definition) is 3. The second-order valence-electron chi connectivity index (χ2n) is 6.02. The molecule has 1 aliphatic rings. The molecule has 1 heterocycles. The Hall–Kier alpha value is -0.610. The Morgan fingerprint density at radius 1 is 1.53 bits per heavy atom. The van der Waals surface area contributed by atoms with Gasteiger partial charge >= 0.3 is 0 Å². The molecule has 1 amide bonds. The fourth-order valence-corrected chi connectivity index (χ4v) is 2.34. The Kier molecular flexibility index (Phi) is 4.95. The fraction of sp³-hybridized carbons (Fsp3) is 0.923. The molecule has 4 heteroatoms. The molecule has 2 N–H and O–H groups in total. The van der Waals surface area contributed by atoms with Gasteiger partial charge in [0.1, 0.15) is 0 Å². The minimum atomic E-state index is -0.429. The zero-order valence-electron chi connectivity index (χ0n) is 11.7. The normalized spacial score (nSPS) is 21.8. The van der Waals surface area contributed by atoms with Crippen LogP contribution in [0.5, 0.6) is 0 Å². The van der Waals surface area contributed by atoms with Gasteiger partial charge in [-0.1, -0.05) is 0 Å². The third-order valence-electron chi connectivity index (χ3n) is 3.80. The minimum absolute atomic E-state index is 0.159. The summed E-state index contributed by atoms with van der Waals surface area (Å²) < 4.78 is 0. The number of nitrogens with two attached hydrogens (primary N) is 1. The van der Waals surface area contributed by atoms with Crippen molar-refractivity contribution >= 4 is 5.91 Å². The Morgan fingerprint density at radius 3 is 2.65 bits per heavy atom. The van der Waals surface area contributed by atoms with E-state index in [1.54, 1.807) is 0 Å². The van der Waals surface area contributed by atoms with E-state index in [2.05, 4.69) is 11.9 Å². The van der Waals surface area contributed by atoms with Crippen LogP contribution in [-0.4, -0.2) is 56.0 Å². The van der Waals surface area contributed by atoms with Crippen LogP contribution in [0.1, 0.15) is 26.7 Å². The molecule has 0 spiro atoms. The number of rotatable bonds is 5. The molecule has 1 saturated heterocycles. The summed E-state index contributed by atoms with van der Waals surface area (Å²) in [5.74, 6) is 0.905. The Labute approximate surface area is 105 Å². The van der Waals surface area contributed by atoms with E-state index in [1.807, 2.05) is 25.8 Å². The maximum absolute atomic E-state index is 12.1. The van der Waals surface area contributed by atoms with Crippen molar-refractivity contribution in [2.75, 3.05) is 40.3 Å². The van der Waals surface area contributed by atoms with Gasteiger partial charge in [-0.15, -0.1) is 0 Å². The molecule has 0 aliphatic carbocycles. The lowest BCUT2D eigenvalue weighted by Gasteiger charge is -2.28. The fourth-order valence-electron chi connectivity index (χ4n) is 2.34. The summed E-state index contributed by atoms with van der Waals surface area (Å²) in [6.07, 6.45) is 2.37. The van der Waals surface area contributed by atoms with Crippen LogP contribution in [0.15, 0.2) is 0 Å². The topological polar surface area (TPSA) is 49.6 Å². The number of nitrogens with zero attached hydrogens (tertiary/aromatic N) is 2. The van der Waals surface area contributed by atoms with Gasteiger partial charge < -0.3 is 15.5 Å². The zero-order valence-corrected chi connectivity index (χ0v) is 11.7. The molecule has 1 fully saturated rings. The molecule has 0 aromatic rings. The van der Waals surface area contributed by atoms with E-state index in [0.717, 1.165) is 18.9 Å². The van der Waals surface area contributed by atoms with Crippen molar-refractivity contribution in [3.8, 4) is 0 Å². The zero-order chi connectivity index (χ0) is 13.1. The van der Waals surface area contributed by atoms with Gasteiger partial charge in [-0.3, -0.25) is 4.79 Å². The van der Waals surface area contributed by atoms with Crippen molar-refractivity contribution in [3.63, 3.8) is 0 Å². The molecule has 1 unspecified atom stereocenters. The highest BCUT2D eigenvalue weighted by molar-refractivity contribution is 5.81. The molecule has 4 nitrogen and oxygen atoms in total. The Balaban J connectivity index is 2.34. The smallest absolute Gasteiger partial charge is 0.229 e. The lowest BCUT2D eigenvalue weighted by atomic mass is 9.91. The first-order valence-corrected chi connectivity index (χ1v) is 6.51. The van der Waals surface area contributed by atoms with Gasteiger partial charge in [0.15, 0.2) is 0 Å². The summed E-state index contributed by atoms with van der Waals surface area (Å²) >= 11 is 0.